The molecule has 2 aromatic heterocycles. The number of nitrogens with zero attached hydrogens (tertiary/aromatic N) is 4. The van der Waals surface area contributed by atoms with Gasteiger partial charge in [-0.15, -0.1) is 21.5 Å². The molecule has 0 aliphatic heterocycles. The van der Waals surface area contributed by atoms with Crippen molar-refractivity contribution in [1.29, 1.82) is 0 Å². The summed E-state index contributed by atoms with van der Waals surface area (Å²) in [6.45, 7) is 4.60. The second-order valence-electron chi connectivity index (χ2n) is 4.49. The first kappa shape index (κ1) is 13.7. The van der Waals surface area contributed by atoms with E-state index in [1.165, 1.54) is 11.3 Å². The van der Waals surface area contributed by atoms with Crippen molar-refractivity contribution in [1.82, 2.24) is 25.5 Å². The van der Waals surface area contributed by atoms with Gasteiger partial charge in [-0.2, -0.15) is 5.21 Å². The molecule has 0 fully saturated rings. The average molecular weight is 279 g/mol. The number of aromatic amines is 1. The Hall–Kier alpha value is -1.76. The van der Waals surface area contributed by atoms with Gasteiger partial charge in [0.2, 0.25) is 0 Å². The molecule has 19 heavy (non-hydrogen) atoms. The van der Waals surface area contributed by atoms with Crippen LogP contribution in [0.15, 0.2) is 11.4 Å². The minimum absolute atomic E-state index is 0.0535. The molecule has 0 saturated heterocycles. The van der Waals surface area contributed by atoms with Gasteiger partial charge in [0.05, 0.1) is 4.88 Å². The van der Waals surface area contributed by atoms with Gasteiger partial charge in [0.25, 0.3) is 5.91 Å². The van der Waals surface area contributed by atoms with Crippen molar-refractivity contribution in [2.75, 3.05) is 13.6 Å². The number of tetrazole rings is 1. The summed E-state index contributed by atoms with van der Waals surface area (Å²) in [5, 5.41) is 15.8. The summed E-state index contributed by atoms with van der Waals surface area (Å²) in [4.78, 5) is 14.9. The maximum atomic E-state index is 12.4. The minimum atomic E-state index is 0.0535. The zero-order valence-corrected chi connectivity index (χ0v) is 12.1. The lowest BCUT2D eigenvalue weighted by Gasteiger charge is -2.19. The summed E-state index contributed by atoms with van der Waals surface area (Å²) >= 11 is 1.49. The van der Waals surface area contributed by atoms with E-state index in [1.54, 1.807) is 11.9 Å². The quantitative estimate of drug-likeness (QED) is 0.904. The Morgan fingerprint density at radius 3 is 3.00 bits per heavy atom. The van der Waals surface area contributed by atoms with E-state index in [0.29, 0.717) is 12.4 Å². The largest absolute Gasteiger partial charge is 0.340 e. The molecule has 2 rings (SSSR count). The van der Waals surface area contributed by atoms with E-state index in [2.05, 4.69) is 27.5 Å². The zero-order chi connectivity index (χ0) is 13.8. The van der Waals surface area contributed by atoms with Crippen LogP contribution in [0, 0.1) is 0 Å². The number of hydrogen-bond acceptors (Lipinski definition) is 5. The second kappa shape index (κ2) is 5.92. The summed E-state index contributed by atoms with van der Waals surface area (Å²) in [6.07, 6.45) is 0.874. The molecule has 6 nitrogen and oxygen atoms in total. The average Bonchev–Trinajstić information content (AvgIpc) is 3.08. The van der Waals surface area contributed by atoms with Gasteiger partial charge in [0, 0.05) is 19.5 Å². The molecule has 2 aromatic rings. The highest BCUT2D eigenvalue weighted by molar-refractivity contribution is 7.12. The van der Waals surface area contributed by atoms with Gasteiger partial charge in [0.15, 0.2) is 5.82 Å². The Kier molecular flexibility index (Phi) is 4.26. The number of carbonyl (C=O) groups is 1. The van der Waals surface area contributed by atoms with Gasteiger partial charge < -0.3 is 4.90 Å². The monoisotopic (exact) mass is 279 g/mol. The van der Waals surface area contributed by atoms with Crippen LogP contribution in [0.1, 0.15) is 40.8 Å². The molecule has 102 valence electrons. The van der Waals surface area contributed by atoms with Crippen molar-refractivity contribution in [2.45, 2.75) is 26.2 Å². The van der Waals surface area contributed by atoms with Gasteiger partial charge in [-0.3, -0.25) is 4.79 Å². The summed E-state index contributed by atoms with van der Waals surface area (Å²) in [6, 6.07) is 2.01. The highest BCUT2D eigenvalue weighted by Gasteiger charge is 2.20. The van der Waals surface area contributed by atoms with E-state index in [9.17, 15) is 4.79 Å². The maximum Gasteiger partial charge on any atom is 0.263 e. The van der Waals surface area contributed by atoms with Crippen LogP contribution < -0.4 is 0 Å². The number of carbonyl (C=O) groups excluding carboxylic acids is 1. The van der Waals surface area contributed by atoms with E-state index < -0.39 is 0 Å². The van der Waals surface area contributed by atoms with E-state index in [4.69, 9.17) is 0 Å². The number of likely N-dealkylation sites (N-methyl/N-ethyl adjacent to an activating group) is 1. The molecule has 0 radical (unpaired) electrons. The molecule has 0 spiro atoms. The number of aromatic nitrogens is 4. The predicted octanol–water partition coefficient (Wildman–Crippen LogP) is 1.70. The molecule has 0 aliphatic rings. The number of rotatable bonds is 5. The van der Waals surface area contributed by atoms with Crippen LogP contribution in [-0.2, 0) is 6.42 Å². The van der Waals surface area contributed by atoms with E-state index in [-0.39, 0.29) is 11.8 Å². The molecule has 0 aromatic carbocycles. The summed E-state index contributed by atoms with van der Waals surface area (Å²) < 4.78 is 0. The van der Waals surface area contributed by atoms with Gasteiger partial charge in [-0.05, 0) is 23.4 Å². The number of H-pyrrole nitrogens is 1. The predicted molar refractivity (Wildman–Crippen MR) is 73.3 cm³/mol. The van der Waals surface area contributed by atoms with Crippen molar-refractivity contribution >= 4 is 17.2 Å². The molecule has 1 atom stereocenters. The summed E-state index contributed by atoms with van der Waals surface area (Å²) in [5.41, 5.74) is 1.11. The molecule has 0 bridgehead atoms. The van der Waals surface area contributed by atoms with Crippen molar-refractivity contribution < 1.29 is 4.79 Å². The molecule has 0 saturated carbocycles. The highest BCUT2D eigenvalue weighted by atomic mass is 32.1. The number of hydrogen-bond donors (Lipinski definition) is 1. The first-order valence-electron chi connectivity index (χ1n) is 6.18. The Morgan fingerprint density at radius 1 is 1.58 bits per heavy atom. The Balaban J connectivity index is 2.04. The topological polar surface area (TPSA) is 74.8 Å². The lowest BCUT2D eigenvalue weighted by Crippen LogP contribution is -2.30. The fourth-order valence-corrected chi connectivity index (χ4v) is 2.92. The molecule has 2 heterocycles. The van der Waals surface area contributed by atoms with Gasteiger partial charge in [0.1, 0.15) is 0 Å². The van der Waals surface area contributed by atoms with Crippen LogP contribution in [-0.4, -0.2) is 45.0 Å². The molecule has 0 aliphatic carbocycles. The lowest BCUT2D eigenvalue weighted by molar-refractivity contribution is 0.0791. The zero-order valence-electron chi connectivity index (χ0n) is 11.3. The fraction of sp³-hybridized carbons (Fsp3) is 0.500. The maximum absolute atomic E-state index is 12.4. The number of aryl methyl sites for hydroxylation is 1. The third kappa shape index (κ3) is 2.98. The van der Waals surface area contributed by atoms with E-state index in [0.717, 1.165) is 16.9 Å². The molecule has 1 amide bonds. The SMILES string of the molecule is CCc1ccsc1C(=O)N(C)C[C@@H](C)c1nn[nH]n1. The van der Waals surface area contributed by atoms with Crippen LogP contribution >= 0.6 is 11.3 Å². The fourth-order valence-electron chi connectivity index (χ4n) is 1.93. The Morgan fingerprint density at radius 2 is 2.37 bits per heavy atom. The lowest BCUT2D eigenvalue weighted by atomic mass is 10.1. The van der Waals surface area contributed by atoms with E-state index in [1.807, 2.05) is 18.4 Å². The van der Waals surface area contributed by atoms with Gasteiger partial charge >= 0.3 is 0 Å². The highest BCUT2D eigenvalue weighted by Crippen LogP contribution is 2.20. The van der Waals surface area contributed by atoms with Gasteiger partial charge in [-0.25, -0.2) is 0 Å². The van der Waals surface area contributed by atoms with Crippen molar-refractivity contribution in [2.24, 2.45) is 0 Å². The smallest absolute Gasteiger partial charge is 0.263 e. The molecular formula is C12H17N5OS. The van der Waals surface area contributed by atoms with Crippen molar-refractivity contribution in [3.8, 4) is 0 Å². The van der Waals surface area contributed by atoms with Crippen LogP contribution in [0.5, 0.6) is 0 Å². The number of nitrogens with one attached hydrogen (secondary N) is 1. The second-order valence-corrected chi connectivity index (χ2v) is 5.40. The standard InChI is InChI=1S/C12H17N5OS/c1-4-9-5-6-19-10(9)12(18)17(3)7-8(2)11-13-15-16-14-11/h5-6,8H,4,7H2,1-3H3,(H,13,14,15,16)/t8-/m1/s1. The minimum Gasteiger partial charge on any atom is -0.340 e. The van der Waals surface area contributed by atoms with E-state index >= 15 is 0 Å². The number of amides is 1. The third-order valence-electron chi connectivity index (χ3n) is 3.02. The van der Waals surface area contributed by atoms with Crippen LogP contribution in [0.3, 0.4) is 0 Å². The van der Waals surface area contributed by atoms with Crippen molar-refractivity contribution in [3.05, 3.63) is 27.7 Å². The number of thiophene rings is 1. The third-order valence-corrected chi connectivity index (χ3v) is 3.96. The molecular weight excluding hydrogens is 262 g/mol. The summed E-state index contributed by atoms with van der Waals surface area (Å²) in [7, 11) is 1.80. The van der Waals surface area contributed by atoms with Crippen LogP contribution in [0.2, 0.25) is 0 Å². The first-order chi connectivity index (χ1) is 9.13. The first-order valence-corrected chi connectivity index (χ1v) is 7.06. The van der Waals surface area contributed by atoms with Crippen LogP contribution in [0.4, 0.5) is 0 Å². The molecule has 7 heteroatoms. The normalized spacial score (nSPS) is 12.4. The van der Waals surface area contributed by atoms with Gasteiger partial charge in [-0.1, -0.05) is 19.1 Å². The Bertz CT molecular complexity index is 536. The van der Waals surface area contributed by atoms with Crippen LogP contribution in [0.25, 0.3) is 0 Å². The molecule has 0 unspecified atom stereocenters. The molecule has 1 N–H and O–H groups in total. The van der Waals surface area contributed by atoms with Crippen molar-refractivity contribution in [3.63, 3.8) is 0 Å². The summed E-state index contributed by atoms with van der Waals surface area (Å²) in [5.74, 6) is 0.737. The Labute approximate surface area is 115 Å².